The van der Waals surface area contributed by atoms with Gasteiger partial charge in [0.05, 0.1) is 14.2 Å². The summed E-state index contributed by atoms with van der Waals surface area (Å²) in [6, 6.07) is 13.7. The Labute approximate surface area is 113 Å². The van der Waals surface area contributed by atoms with E-state index in [0.717, 1.165) is 28.4 Å². The van der Waals surface area contributed by atoms with Gasteiger partial charge in [-0.3, -0.25) is 0 Å². The van der Waals surface area contributed by atoms with Gasteiger partial charge in [0.15, 0.2) is 0 Å². The number of rotatable bonds is 5. The molecule has 2 aromatic rings. The molecule has 0 saturated carbocycles. The lowest BCUT2D eigenvalue weighted by atomic mass is 10.2. The molecule has 0 aliphatic rings. The van der Waals surface area contributed by atoms with Gasteiger partial charge in [0.25, 0.3) is 0 Å². The van der Waals surface area contributed by atoms with E-state index in [9.17, 15) is 0 Å². The molecule has 0 fully saturated rings. The van der Waals surface area contributed by atoms with E-state index in [0.29, 0.717) is 6.61 Å². The highest BCUT2D eigenvalue weighted by atomic mass is 16.5. The molecule has 100 valence electrons. The van der Waals surface area contributed by atoms with Crippen molar-refractivity contribution in [3.63, 3.8) is 0 Å². The van der Waals surface area contributed by atoms with Crippen LogP contribution in [0.1, 0.15) is 11.1 Å². The molecule has 19 heavy (non-hydrogen) atoms. The molecule has 2 rings (SSSR count). The van der Waals surface area contributed by atoms with Gasteiger partial charge in [-0.05, 0) is 36.2 Å². The summed E-state index contributed by atoms with van der Waals surface area (Å²) < 4.78 is 16.3. The van der Waals surface area contributed by atoms with E-state index in [1.807, 2.05) is 49.4 Å². The highest BCUT2D eigenvalue weighted by Gasteiger charge is 2.04. The summed E-state index contributed by atoms with van der Waals surface area (Å²) in [5.41, 5.74) is 2.14. The predicted molar refractivity (Wildman–Crippen MR) is 75.1 cm³/mol. The second-order valence-corrected chi connectivity index (χ2v) is 4.28. The summed E-state index contributed by atoms with van der Waals surface area (Å²) in [5, 5.41) is 0. The SMILES string of the molecule is COc1cc(COc2ccccc2C)cc(OC)c1. The Balaban J connectivity index is 2.13. The first kappa shape index (κ1) is 13.3. The fourth-order valence-corrected chi connectivity index (χ4v) is 1.83. The Morgan fingerprint density at radius 1 is 0.895 bits per heavy atom. The molecule has 0 aliphatic heterocycles. The van der Waals surface area contributed by atoms with Crippen LogP contribution in [-0.2, 0) is 6.61 Å². The van der Waals surface area contributed by atoms with Crippen LogP contribution in [0.3, 0.4) is 0 Å². The lowest BCUT2D eigenvalue weighted by molar-refractivity contribution is 0.302. The van der Waals surface area contributed by atoms with E-state index in [1.54, 1.807) is 14.2 Å². The zero-order chi connectivity index (χ0) is 13.7. The van der Waals surface area contributed by atoms with Crippen molar-refractivity contribution in [2.45, 2.75) is 13.5 Å². The van der Waals surface area contributed by atoms with Crippen LogP contribution in [0.25, 0.3) is 0 Å². The quantitative estimate of drug-likeness (QED) is 0.820. The second kappa shape index (κ2) is 6.14. The van der Waals surface area contributed by atoms with Crippen LogP contribution < -0.4 is 14.2 Å². The van der Waals surface area contributed by atoms with Gasteiger partial charge >= 0.3 is 0 Å². The molecule has 0 N–H and O–H groups in total. The van der Waals surface area contributed by atoms with Gasteiger partial charge in [0.2, 0.25) is 0 Å². The Kier molecular flexibility index (Phi) is 4.29. The Hall–Kier alpha value is -2.16. The minimum absolute atomic E-state index is 0.485. The first-order valence-electron chi connectivity index (χ1n) is 6.13. The maximum absolute atomic E-state index is 5.81. The van der Waals surface area contributed by atoms with E-state index in [2.05, 4.69) is 0 Å². The topological polar surface area (TPSA) is 27.7 Å². The number of benzene rings is 2. The minimum atomic E-state index is 0.485. The van der Waals surface area contributed by atoms with Crippen molar-refractivity contribution < 1.29 is 14.2 Å². The van der Waals surface area contributed by atoms with Crippen LogP contribution in [0, 0.1) is 6.92 Å². The van der Waals surface area contributed by atoms with Crippen LogP contribution in [0.2, 0.25) is 0 Å². The molecular weight excluding hydrogens is 240 g/mol. The maximum atomic E-state index is 5.81. The van der Waals surface area contributed by atoms with E-state index < -0.39 is 0 Å². The largest absolute Gasteiger partial charge is 0.497 e. The van der Waals surface area contributed by atoms with Crippen molar-refractivity contribution in [3.8, 4) is 17.2 Å². The van der Waals surface area contributed by atoms with Gasteiger partial charge in [-0.2, -0.15) is 0 Å². The highest BCUT2D eigenvalue weighted by molar-refractivity contribution is 5.39. The van der Waals surface area contributed by atoms with Crippen molar-refractivity contribution in [3.05, 3.63) is 53.6 Å². The molecule has 0 radical (unpaired) electrons. The van der Waals surface area contributed by atoms with Crippen molar-refractivity contribution >= 4 is 0 Å². The van der Waals surface area contributed by atoms with Gasteiger partial charge in [0, 0.05) is 6.07 Å². The molecule has 0 saturated heterocycles. The Morgan fingerprint density at radius 2 is 1.53 bits per heavy atom. The van der Waals surface area contributed by atoms with E-state index in [4.69, 9.17) is 14.2 Å². The van der Waals surface area contributed by atoms with Crippen LogP contribution in [-0.4, -0.2) is 14.2 Å². The van der Waals surface area contributed by atoms with Gasteiger partial charge in [-0.15, -0.1) is 0 Å². The van der Waals surface area contributed by atoms with Crippen LogP contribution >= 0.6 is 0 Å². The van der Waals surface area contributed by atoms with Gasteiger partial charge < -0.3 is 14.2 Å². The summed E-state index contributed by atoms with van der Waals surface area (Å²) in [6.07, 6.45) is 0. The molecule has 0 bridgehead atoms. The van der Waals surface area contributed by atoms with Gasteiger partial charge in [-0.25, -0.2) is 0 Å². The molecule has 3 heteroatoms. The lowest BCUT2D eigenvalue weighted by Crippen LogP contribution is -1.98. The average molecular weight is 258 g/mol. The summed E-state index contributed by atoms with van der Waals surface area (Å²) in [4.78, 5) is 0. The maximum Gasteiger partial charge on any atom is 0.122 e. The average Bonchev–Trinajstić information content (AvgIpc) is 2.46. The van der Waals surface area contributed by atoms with E-state index >= 15 is 0 Å². The third-order valence-corrected chi connectivity index (χ3v) is 2.90. The molecule has 0 heterocycles. The molecule has 0 amide bonds. The fraction of sp³-hybridized carbons (Fsp3) is 0.250. The third kappa shape index (κ3) is 3.41. The first-order valence-corrected chi connectivity index (χ1v) is 6.13. The molecule has 0 spiro atoms. The van der Waals surface area contributed by atoms with Crippen molar-refractivity contribution in [1.29, 1.82) is 0 Å². The van der Waals surface area contributed by atoms with E-state index in [-0.39, 0.29) is 0 Å². The molecule has 0 aliphatic carbocycles. The molecule has 0 atom stereocenters. The highest BCUT2D eigenvalue weighted by Crippen LogP contribution is 2.24. The zero-order valence-electron chi connectivity index (χ0n) is 11.5. The Bertz CT molecular complexity index is 527. The molecule has 2 aromatic carbocycles. The van der Waals surface area contributed by atoms with Gasteiger partial charge in [0.1, 0.15) is 23.9 Å². The fourth-order valence-electron chi connectivity index (χ4n) is 1.83. The van der Waals surface area contributed by atoms with Crippen LogP contribution in [0.4, 0.5) is 0 Å². The number of hydrogen-bond donors (Lipinski definition) is 0. The summed E-state index contributed by atoms with van der Waals surface area (Å²) in [6.45, 7) is 2.51. The third-order valence-electron chi connectivity index (χ3n) is 2.90. The summed E-state index contributed by atoms with van der Waals surface area (Å²) >= 11 is 0. The number of methoxy groups -OCH3 is 2. The number of aryl methyl sites for hydroxylation is 1. The second-order valence-electron chi connectivity index (χ2n) is 4.28. The van der Waals surface area contributed by atoms with Gasteiger partial charge in [-0.1, -0.05) is 18.2 Å². The number of para-hydroxylation sites is 1. The van der Waals surface area contributed by atoms with E-state index in [1.165, 1.54) is 0 Å². The Morgan fingerprint density at radius 3 is 2.11 bits per heavy atom. The van der Waals surface area contributed by atoms with Crippen molar-refractivity contribution in [2.24, 2.45) is 0 Å². The molecular formula is C16H18O3. The number of hydrogen-bond acceptors (Lipinski definition) is 3. The monoisotopic (exact) mass is 258 g/mol. The predicted octanol–water partition coefficient (Wildman–Crippen LogP) is 3.59. The minimum Gasteiger partial charge on any atom is -0.497 e. The molecule has 0 aromatic heterocycles. The number of ether oxygens (including phenoxy) is 3. The normalized spacial score (nSPS) is 10.1. The first-order chi connectivity index (χ1) is 9.22. The molecule has 3 nitrogen and oxygen atoms in total. The van der Waals surface area contributed by atoms with Crippen molar-refractivity contribution in [1.82, 2.24) is 0 Å². The lowest BCUT2D eigenvalue weighted by Gasteiger charge is -2.11. The molecule has 0 unspecified atom stereocenters. The van der Waals surface area contributed by atoms with Crippen LogP contribution in [0.15, 0.2) is 42.5 Å². The summed E-state index contributed by atoms with van der Waals surface area (Å²) in [5.74, 6) is 2.43. The smallest absolute Gasteiger partial charge is 0.122 e. The standard InChI is InChI=1S/C16H18O3/c1-12-6-4-5-7-16(12)19-11-13-8-14(17-2)10-15(9-13)18-3/h4-10H,11H2,1-3H3. The van der Waals surface area contributed by atoms with Crippen LogP contribution in [0.5, 0.6) is 17.2 Å². The zero-order valence-corrected chi connectivity index (χ0v) is 11.5. The summed E-state index contributed by atoms with van der Waals surface area (Å²) in [7, 11) is 3.28. The van der Waals surface area contributed by atoms with Crippen molar-refractivity contribution in [2.75, 3.05) is 14.2 Å².